The molecule has 0 atom stereocenters. The molecule has 2 aromatic rings. The minimum absolute atomic E-state index is 0.179. The van der Waals surface area contributed by atoms with E-state index in [1.165, 1.54) is 0 Å². The summed E-state index contributed by atoms with van der Waals surface area (Å²) in [5, 5.41) is 6.24. The zero-order chi connectivity index (χ0) is 14.5. The molecule has 0 radical (unpaired) electrons. The van der Waals surface area contributed by atoms with Crippen LogP contribution in [-0.2, 0) is 0 Å². The van der Waals surface area contributed by atoms with Crippen molar-refractivity contribution in [1.29, 1.82) is 0 Å². The van der Waals surface area contributed by atoms with Crippen molar-refractivity contribution in [2.45, 2.75) is 6.92 Å². The summed E-state index contributed by atoms with van der Waals surface area (Å²) in [6.45, 7) is 2.02. The molecule has 2 rings (SSSR count). The summed E-state index contributed by atoms with van der Waals surface area (Å²) in [5.74, 6) is 0. The first-order valence-corrected chi connectivity index (χ1v) is 6.48. The van der Waals surface area contributed by atoms with E-state index in [4.69, 9.17) is 0 Å². The van der Waals surface area contributed by atoms with Crippen molar-refractivity contribution in [3.8, 4) is 0 Å². The molecule has 0 spiro atoms. The van der Waals surface area contributed by atoms with Gasteiger partial charge in [0.15, 0.2) is 0 Å². The SMILES string of the molecule is Cc1ccccc1N(C)N(C)C(=O)Nc1ccccc1. The van der Waals surface area contributed by atoms with Gasteiger partial charge >= 0.3 is 6.03 Å². The van der Waals surface area contributed by atoms with Crippen molar-refractivity contribution in [1.82, 2.24) is 5.01 Å². The van der Waals surface area contributed by atoms with Crippen LogP contribution in [0.25, 0.3) is 0 Å². The second-order valence-electron chi connectivity index (χ2n) is 4.63. The van der Waals surface area contributed by atoms with Crippen LogP contribution in [0.1, 0.15) is 5.56 Å². The van der Waals surface area contributed by atoms with Crippen LogP contribution < -0.4 is 10.3 Å². The topological polar surface area (TPSA) is 35.6 Å². The second kappa shape index (κ2) is 6.10. The number of urea groups is 1. The molecule has 0 saturated carbocycles. The molecule has 4 heteroatoms. The molecule has 20 heavy (non-hydrogen) atoms. The van der Waals surface area contributed by atoms with E-state index < -0.39 is 0 Å². The lowest BCUT2D eigenvalue weighted by Gasteiger charge is -2.31. The van der Waals surface area contributed by atoms with E-state index in [1.807, 2.05) is 73.6 Å². The van der Waals surface area contributed by atoms with Gasteiger partial charge in [-0.25, -0.2) is 9.80 Å². The highest BCUT2D eigenvalue weighted by Gasteiger charge is 2.15. The maximum atomic E-state index is 12.2. The first kappa shape index (κ1) is 13.9. The molecular weight excluding hydrogens is 250 g/mol. The fourth-order valence-electron chi connectivity index (χ4n) is 1.95. The van der Waals surface area contributed by atoms with Crippen molar-refractivity contribution < 1.29 is 4.79 Å². The van der Waals surface area contributed by atoms with Crippen LogP contribution in [0.3, 0.4) is 0 Å². The van der Waals surface area contributed by atoms with Gasteiger partial charge in [-0.15, -0.1) is 0 Å². The van der Waals surface area contributed by atoms with Crippen LogP contribution in [0.4, 0.5) is 16.2 Å². The number of para-hydroxylation sites is 2. The Morgan fingerprint density at radius 2 is 1.55 bits per heavy atom. The summed E-state index contributed by atoms with van der Waals surface area (Å²) in [6.07, 6.45) is 0. The molecule has 4 nitrogen and oxygen atoms in total. The number of carbonyl (C=O) groups excluding carboxylic acids is 1. The third-order valence-electron chi connectivity index (χ3n) is 3.23. The fourth-order valence-corrected chi connectivity index (χ4v) is 1.95. The van der Waals surface area contributed by atoms with Crippen LogP contribution in [0.15, 0.2) is 54.6 Å². The van der Waals surface area contributed by atoms with Gasteiger partial charge in [-0.2, -0.15) is 0 Å². The largest absolute Gasteiger partial charge is 0.340 e. The second-order valence-corrected chi connectivity index (χ2v) is 4.63. The summed E-state index contributed by atoms with van der Waals surface area (Å²) in [4.78, 5) is 12.2. The summed E-state index contributed by atoms with van der Waals surface area (Å²) >= 11 is 0. The standard InChI is InChI=1S/C16H19N3O/c1-13-9-7-8-12-15(13)18(2)19(3)16(20)17-14-10-5-4-6-11-14/h4-12H,1-3H3,(H,17,20). The number of amides is 2. The van der Waals surface area contributed by atoms with E-state index in [0.29, 0.717) is 0 Å². The molecule has 0 aliphatic rings. The van der Waals surface area contributed by atoms with E-state index in [1.54, 1.807) is 12.1 Å². The highest BCUT2D eigenvalue weighted by atomic mass is 16.2. The lowest BCUT2D eigenvalue weighted by atomic mass is 10.2. The highest BCUT2D eigenvalue weighted by Crippen LogP contribution is 2.19. The maximum Gasteiger partial charge on any atom is 0.340 e. The molecule has 1 N–H and O–H groups in total. The number of hydrazine groups is 1. The van der Waals surface area contributed by atoms with Gasteiger partial charge in [0.2, 0.25) is 0 Å². The van der Waals surface area contributed by atoms with Crippen LogP contribution in [0, 0.1) is 6.92 Å². The summed E-state index contributed by atoms with van der Waals surface area (Å²) in [6, 6.07) is 17.2. The highest BCUT2D eigenvalue weighted by molar-refractivity contribution is 5.90. The van der Waals surface area contributed by atoms with Gasteiger partial charge in [0, 0.05) is 19.8 Å². The predicted octanol–water partition coefficient (Wildman–Crippen LogP) is 3.51. The average Bonchev–Trinajstić information content (AvgIpc) is 2.47. The predicted molar refractivity (Wildman–Crippen MR) is 82.8 cm³/mol. The van der Waals surface area contributed by atoms with Gasteiger partial charge in [0.05, 0.1) is 5.69 Å². The van der Waals surface area contributed by atoms with Crippen LogP contribution in [-0.4, -0.2) is 25.1 Å². The number of hydrogen-bond acceptors (Lipinski definition) is 2. The monoisotopic (exact) mass is 269 g/mol. The Balaban J connectivity index is 2.09. The van der Waals surface area contributed by atoms with E-state index in [0.717, 1.165) is 16.9 Å². The molecule has 0 aliphatic carbocycles. The molecule has 104 valence electrons. The zero-order valence-corrected chi connectivity index (χ0v) is 12.0. The summed E-state index contributed by atoms with van der Waals surface area (Å²) in [7, 11) is 3.61. The molecule has 0 aromatic heterocycles. The Kier molecular flexibility index (Phi) is 4.25. The maximum absolute atomic E-state index is 12.2. The molecule has 0 bridgehead atoms. The molecular formula is C16H19N3O. The summed E-state index contributed by atoms with van der Waals surface area (Å²) < 4.78 is 0. The minimum Gasteiger partial charge on any atom is -0.306 e. The van der Waals surface area contributed by atoms with E-state index in [-0.39, 0.29) is 6.03 Å². The lowest BCUT2D eigenvalue weighted by molar-refractivity contribution is 0.220. The third kappa shape index (κ3) is 3.09. The van der Waals surface area contributed by atoms with E-state index in [9.17, 15) is 4.79 Å². The first-order chi connectivity index (χ1) is 9.59. The minimum atomic E-state index is -0.179. The quantitative estimate of drug-likeness (QED) is 0.865. The fraction of sp³-hybridized carbons (Fsp3) is 0.188. The number of nitrogens with zero attached hydrogens (tertiary/aromatic N) is 2. The van der Waals surface area contributed by atoms with Crippen LogP contribution >= 0.6 is 0 Å². The number of carbonyl (C=O) groups is 1. The van der Waals surface area contributed by atoms with Gasteiger partial charge in [0.25, 0.3) is 0 Å². The number of anilines is 2. The number of aryl methyl sites for hydroxylation is 1. The molecule has 0 aliphatic heterocycles. The normalized spacial score (nSPS) is 9.95. The van der Waals surface area contributed by atoms with Crippen molar-refractivity contribution >= 4 is 17.4 Å². The van der Waals surface area contributed by atoms with Gasteiger partial charge in [-0.1, -0.05) is 36.4 Å². The zero-order valence-electron chi connectivity index (χ0n) is 12.0. The number of benzene rings is 2. The first-order valence-electron chi connectivity index (χ1n) is 6.48. The van der Waals surface area contributed by atoms with Crippen molar-refractivity contribution in [2.75, 3.05) is 24.4 Å². The third-order valence-corrected chi connectivity index (χ3v) is 3.23. The van der Waals surface area contributed by atoms with Crippen molar-refractivity contribution in [3.63, 3.8) is 0 Å². The molecule has 2 aromatic carbocycles. The number of rotatable bonds is 3. The van der Waals surface area contributed by atoms with Gasteiger partial charge in [0.1, 0.15) is 0 Å². The van der Waals surface area contributed by atoms with Gasteiger partial charge in [-0.3, -0.25) is 5.01 Å². The Morgan fingerprint density at radius 3 is 2.20 bits per heavy atom. The molecule has 2 amide bonds. The Labute approximate surface area is 119 Å². The molecule has 0 unspecified atom stereocenters. The average molecular weight is 269 g/mol. The molecule has 0 fully saturated rings. The molecule has 0 heterocycles. The Morgan fingerprint density at radius 1 is 0.950 bits per heavy atom. The smallest absolute Gasteiger partial charge is 0.306 e. The van der Waals surface area contributed by atoms with Crippen molar-refractivity contribution in [3.05, 3.63) is 60.2 Å². The van der Waals surface area contributed by atoms with E-state index in [2.05, 4.69) is 5.32 Å². The summed E-state index contributed by atoms with van der Waals surface area (Å²) in [5.41, 5.74) is 2.90. The van der Waals surface area contributed by atoms with Gasteiger partial charge < -0.3 is 5.32 Å². The van der Waals surface area contributed by atoms with Crippen molar-refractivity contribution in [2.24, 2.45) is 0 Å². The number of nitrogens with one attached hydrogen (secondary N) is 1. The van der Waals surface area contributed by atoms with Crippen LogP contribution in [0.5, 0.6) is 0 Å². The van der Waals surface area contributed by atoms with Gasteiger partial charge in [-0.05, 0) is 30.7 Å². The number of hydrogen-bond donors (Lipinski definition) is 1. The van der Waals surface area contributed by atoms with Crippen LogP contribution in [0.2, 0.25) is 0 Å². The Hall–Kier alpha value is -2.49. The Bertz CT molecular complexity index is 583. The lowest BCUT2D eigenvalue weighted by Crippen LogP contribution is -2.44. The van der Waals surface area contributed by atoms with E-state index >= 15 is 0 Å². The molecule has 0 saturated heterocycles.